The minimum Gasteiger partial charge on any atom is -0.480 e. The molecule has 0 amide bonds. The summed E-state index contributed by atoms with van der Waals surface area (Å²) >= 11 is 0. The van der Waals surface area contributed by atoms with Crippen LogP contribution in [0.2, 0.25) is 0 Å². The van der Waals surface area contributed by atoms with E-state index in [0.29, 0.717) is 19.3 Å². The second-order valence-corrected chi connectivity index (χ2v) is 7.80. The monoisotopic (exact) mass is 349 g/mol. The van der Waals surface area contributed by atoms with E-state index in [1.807, 2.05) is 44.2 Å². The molecule has 0 spiro atoms. The summed E-state index contributed by atoms with van der Waals surface area (Å²) in [5.74, 6) is -1.10. The van der Waals surface area contributed by atoms with Crippen LogP contribution in [0.3, 0.4) is 0 Å². The molecule has 1 rings (SSSR count). The number of rotatable bonds is 9. The first kappa shape index (κ1) is 21.2. The van der Waals surface area contributed by atoms with Crippen molar-refractivity contribution in [3.05, 3.63) is 35.9 Å². The van der Waals surface area contributed by atoms with Crippen LogP contribution in [-0.4, -0.2) is 34.7 Å². The lowest BCUT2D eigenvalue weighted by Gasteiger charge is -2.27. The first-order valence-electron chi connectivity index (χ1n) is 8.84. The Kier molecular flexibility index (Phi) is 8.10. The normalized spacial score (nSPS) is 14.2. The maximum absolute atomic E-state index is 12.4. The maximum atomic E-state index is 12.4. The summed E-state index contributed by atoms with van der Waals surface area (Å²) in [6.45, 7) is 9.42. The molecule has 1 aromatic carbocycles. The first-order valence-corrected chi connectivity index (χ1v) is 8.84. The predicted octanol–water partition coefficient (Wildman–Crippen LogP) is 3.42. The second-order valence-electron chi connectivity index (χ2n) is 7.80. The fraction of sp³-hybridized carbons (Fsp3) is 0.600. The van der Waals surface area contributed by atoms with Crippen LogP contribution in [0.15, 0.2) is 30.3 Å². The smallest absolute Gasteiger partial charge is 0.323 e. The van der Waals surface area contributed by atoms with Gasteiger partial charge >= 0.3 is 11.9 Å². The van der Waals surface area contributed by atoms with Crippen molar-refractivity contribution in [2.45, 2.75) is 71.6 Å². The molecule has 2 atom stereocenters. The molecular formula is C20H31NO4. The van der Waals surface area contributed by atoms with Crippen LogP contribution in [0.1, 0.15) is 53.0 Å². The van der Waals surface area contributed by atoms with Crippen molar-refractivity contribution >= 4 is 11.9 Å². The summed E-state index contributed by atoms with van der Waals surface area (Å²) in [7, 11) is 0. The number of hydrogen-bond acceptors (Lipinski definition) is 4. The lowest BCUT2D eigenvalue weighted by molar-refractivity contribution is -0.158. The van der Waals surface area contributed by atoms with E-state index in [1.54, 1.807) is 20.8 Å². The number of benzene rings is 1. The molecule has 0 saturated carbocycles. The second kappa shape index (κ2) is 9.56. The minimum absolute atomic E-state index is 0.244. The highest BCUT2D eigenvalue weighted by atomic mass is 16.6. The molecule has 0 aromatic heterocycles. The lowest BCUT2D eigenvalue weighted by atomic mass is 10.00. The van der Waals surface area contributed by atoms with Gasteiger partial charge in [0.25, 0.3) is 0 Å². The molecule has 0 saturated heterocycles. The van der Waals surface area contributed by atoms with Crippen molar-refractivity contribution in [3.8, 4) is 0 Å². The number of carboxylic acids is 1. The Labute approximate surface area is 150 Å². The Morgan fingerprint density at radius 3 is 2.20 bits per heavy atom. The summed E-state index contributed by atoms with van der Waals surface area (Å²) < 4.78 is 5.45. The molecular weight excluding hydrogens is 318 g/mol. The van der Waals surface area contributed by atoms with Crippen LogP contribution in [0.5, 0.6) is 0 Å². The Bertz CT molecular complexity index is 549. The molecule has 2 N–H and O–H groups in total. The fourth-order valence-corrected chi connectivity index (χ4v) is 2.55. The molecule has 0 radical (unpaired) electrons. The lowest BCUT2D eigenvalue weighted by Crippen LogP contribution is -2.49. The highest BCUT2D eigenvalue weighted by molar-refractivity contribution is 5.79. The zero-order valence-electron chi connectivity index (χ0n) is 15.9. The van der Waals surface area contributed by atoms with Gasteiger partial charge in [0.05, 0.1) is 0 Å². The van der Waals surface area contributed by atoms with Gasteiger partial charge in [0, 0.05) is 0 Å². The molecule has 1 aromatic rings. The van der Waals surface area contributed by atoms with E-state index >= 15 is 0 Å². The largest absolute Gasteiger partial charge is 0.480 e. The molecule has 0 aliphatic rings. The van der Waals surface area contributed by atoms with Crippen LogP contribution in [0.4, 0.5) is 0 Å². The van der Waals surface area contributed by atoms with Gasteiger partial charge in [-0.15, -0.1) is 0 Å². The van der Waals surface area contributed by atoms with Crippen molar-refractivity contribution in [3.63, 3.8) is 0 Å². The van der Waals surface area contributed by atoms with Gasteiger partial charge < -0.3 is 9.84 Å². The van der Waals surface area contributed by atoms with Gasteiger partial charge in [-0.05, 0) is 51.5 Å². The van der Waals surface area contributed by atoms with E-state index < -0.39 is 29.6 Å². The summed E-state index contributed by atoms with van der Waals surface area (Å²) in [6, 6.07) is 8.31. The van der Waals surface area contributed by atoms with Crippen LogP contribution in [-0.2, 0) is 20.7 Å². The number of hydrogen-bond donors (Lipinski definition) is 2. The number of aryl methyl sites for hydroxylation is 1. The number of nitrogens with one attached hydrogen (secondary N) is 1. The number of carbonyl (C=O) groups is 2. The highest BCUT2D eigenvalue weighted by Gasteiger charge is 2.30. The standard InChI is InChI=1S/C20H31NO4/c1-14(2)13-17(19(24)25-20(3,4)5)21-16(18(22)23)12-11-15-9-7-6-8-10-15/h6-10,14,16-17,21H,11-13H2,1-5H3,(H,22,23). The molecule has 140 valence electrons. The van der Waals surface area contributed by atoms with Gasteiger partial charge in [-0.1, -0.05) is 44.2 Å². The molecule has 0 fully saturated rings. The Hall–Kier alpha value is -1.88. The van der Waals surface area contributed by atoms with Crippen molar-refractivity contribution in [1.82, 2.24) is 5.32 Å². The molecule has 5 nitrogen and oxygen atoms in total. The Balaban J connectivity index is 2.77. The van der Waals surface area contributed by atoms with Gasteiger partial charge in [-0.25, -0.2) is 0 Å². The van der Waals surface area contributed by atoms with Gasteiger partial charge in [0.15, 0.2) is 0 Å². The van der Waals surface area contributed by atoms with Gasteiger partial charge in [-0.2, -0.15) is 0 Å². The molecule has 25 heavy (non-hydrogen) atoms. The number of aliphatic carboxylic acids is 1. The zero-order valence-corrected chi connectivity index (χ0v) is 15.9. The number of ether oxygens (including phenoxy) is 1. The number of carboxylic acid groups (broad SMARTS) is 1. The molecule has 0 bridgehead atoms. The maximum Gasteiger partial charge on any atom is 0.323 e. The average molecular weight is 349 g/mol. The number of esters is 1. The predicted molar refractivity (Wildman–Crippen MR) is 98.4 cm³/mol. The third-order valence-electron chi connectivity index (χ3n) is 3.66. The minimum atomic E-state index is -0.951. The summed E-state index contributed by atoms with van der Waals surface area (Å²) in [4.78, 5) is 24.1. The molecule has 2 unspecified atom stereocenters. The summed E-state index contributed by atoms with van der Waals surface area (Å²) in [5.41, 5.74) is 0.477. The Morgan fingerprint density at radius 1 is 1.12 bits per heavy atom. The van der Waals surface area contributed by atoms with Crippen LogP contribution in [0.25, 0.3) is 0 Å². The topological polar surface area (TPSA) is 75.6 Å². The fourth-order valence-electron chi connectivity index (χ4n) is 2.55. The summed E-state index contributed by atoms with van der Waals surface area (Å²) in [6.07, 6.45) is 1.58. The van der Waals surface area contributed by atoms with Crippen LogP contribution >= 0.6 is 0 Å². The van der Waals surface area contributed by atoms with Gasteiger partial charge in [-0.3, -0.25) is 14.9 Å². The van der Waals surface area contributed by atoms with E-state index in [9.17, 15) is 14.7 Å². The van der Waals surface area contributed by atoms with Crippen molar-refractivity contribution in [2.24, 2.45) is 5.92 Å². The molecule has 0 heterocycles. The van der Waals surface area contributed by atoms with Gasteiger partial charge in [0.1, 0.15) is 17.7 Å². The van der Waals surface area contributed by atoms with E-state index in [1.165, 1.54) is 0 Å². The average Bonchev–Trinajstić information content (AvgIpc) is 2.48. The summed E-state index contributed by atoms with van der Waals surface area (Å²) in [5, 5.41) is 12.5. The van der Waals surface area contributed by atoms with Crippen molar-refractivity contribution in [2.75, 3.05) is 0 Å². The third-order valence-corrected chi connectivity index (χ3v) is 3.66. The van der Waals surface area contributed by atoms with E-state index in [0.717, 1.165) is 5.56 Å². The quantitative estimate of drug-likeness (QED) is 0.668. The van der Waals surface area contributed by atoms with Crippen molar-refractivity contribution in [1.29, 1.82) is 0 Å². The number of carbonyl (C=O) groups excluding carboxylic acids is 1. The van der Waals surface area contributed by atoms with E-state index in [4.69, 9.17) is 4.74 Å². The van der Waals surface area contributed by atoms with Crippen molar-refractivity contribution < 1.29 is 19.4 Å². The molecule has 0 aliphatic heterocycles. The van der Waals surface area contributed by atoms with Crippen LogP contribution < -0.4 is 5.32 Å². The van der Waals surface area contributed by atoms with Gasteiger partial charge in [0.2, 0.25) is 0 Å². The first-order chi connectivity index (χ1) is 11.6. The van der Waals surface area contributed by atoms with E-state index in [2.05, 4.69) is 5.32 Å². The zero-order chi connectivity index (χ0) is 19.0. The van der Waals surface area contributed by atoms with E-state index in [-0.39, 0.29) is 5.92 Å². The van der Waals surface area contributed by atoms with Crippen LogP contribution in [0, 0.1) is 5.92 Å². The highest BCUT2D eigenvalue weighted by Crippen LogP contribution is 2.15. The SMILES string of the molecule is CC(C)CC(NC(CCc1ccccc1)C(=O)O)C(=O)OC(C)(C)C. The Morgan fingerprint density at radius 2 is 1.72 bits per heavy atom. The molecule has 5 heteroatoms. The molecule has 0 aliphatic carbocycles. The third kappa shape index (κ3) is 8.68.